The van der Waals surface area contributed by atoms with Gasteiger partial charge in [0.25, 0.3) is 0 Å². The standard InChI is InChI=1S/C10H21NO4/c1-4-8(10(12)13)11-7-9(14-5-2)15-6-3/h8-9,11H,4-7H2,1-3H3,(H,12,13). The van der Waals surface area contributed by atoms with Gasteiger partial charge in [-0.05, 0) is 20.3 Å². The minimum atomic E-state index is -0.843. The maximum atomic E-state index is 10.7. The van der Waals surface area contributed by atoms with Gasteiger partial charge in [-0.3, -0.25) is 10.1 Å². The van der Waals surface area contributed by atoms with Crippen molar-refractivity contribution in [3.8, 4) is 0 Å². The number of ether oxygens (including phenoxy) is 2. The lowest BCUT2D eigenvalue weighted by molar-refractivity contribution is -0.144. The molecular formula is C10H21NO4. The van der Waals surface area contributed by atoms with E-state index in [2.05, 4.69) is 5.32 Å². The van der Waals surface area contributed by atoms with Crippen molar-refractivity contribution < 1.29 is 19.4 Å². The van der Waals surface area contributed by atoms with Crippen LogP contribution in [0.25, 0.3) is 0 Å². The third-order valence-electron chi connectivity index (χ3n) is 1.94. The highest BCUT2D eigenvalue weighted by Crippen LogP contribution is 1.96. The highest BCUT2D eigenvalue weighted by atomic mass is 16.7. The van der Waals surface area contributed by atoms with Crippen LogP contribution < -0.4 is 5.32 Å². The molecule has 0 fully saturated rings. The van der Waals surface area contributed by atoms with Gasteiger partial charge in [-0.25, -0.2) is 0 Å². The summed E-state index contributed by atoms with van der Waals surface area (Å²) in [6.07, 6.45) is 0.175. The quantitative estimate of drug-likeness (QED) is 0.562. The van der Waals surface area contributed by atoms with Crippen molar-refractivity contribution in [3.63, 3.8) is 0 Å². The maximum absolute atomic E-state index is 10.7. The molecule has 0 saturated carbocycles. The lowest BCUT2D eigenvalue weighted by Crippen LogP contribution is -2.42. The average Bonchev–Trinajstić information content (AvgIpc) is 2.18. The second-order valence-corrected chi connectivity index (χ2v) is 3.05. The molecule has 0 aromatic rings. The number of carboxylic acids is 1. The minimum absolute atomic E-state index is 0.367. The first-order valence-electron chi connectivity index (χ1n) is 5.35. The summed E-state index contributed by atoms with van der Waals surface area (Å²) < 4.78 is 10.6. The first kappa shape index (κ1) is 14.3. The Bertz CT molecular complexity index is 169. The third-order valence-corrected chi connectivity index (χ3v) is 1.94. The van der Waals surface area contributed by atoms with Gasteiger partial charge < -0.3 is 14.6 Å². The molecule has 0 saturated heterocycles. The van der Waals surface area contributed by atoms with Crippen LogP contribution in [0.15, 0.2) is 0 Å². The molecule has 2 N–H and O–H groups in total. The normalized spacial score (nSPS) is 13.1. The summed E-state index contributed by atoms with van der Waals surface area (Å²) >= 11 is 0. The van der Waals surface area contributed by atoms with Crippen LogP contribution in [0.2, 0.25) is 0 Å². The number of carboxylic acid groups (broad SMARTS) is 1. The molecule has 1 unspecified atom stereocenters. The van der Waals surface area contributed by atoms with Gasteiger partial charge in [-0.1, -0.05) is 6.92 Å². The fraction of sp³-hybridized carbons (Fsp3) is 0.900. The van der Waals surface area contributed by atoms with Gasteiger partial charge in [0.2, 0.25) is 0 Å². The van der Waals surface area contributed by atoms with Gasteiger partial charge in [0, 0.05) is 19.8 Å². The van der Waals surface area contributed by atoms with Crippen molar-refractivity contribution in [1.82, 2.24) is 5.32 Å². The lowest BCUT2D eigenvalue weighted by Gasteiger charge is -2.19. The van der Waals surface area contributed by atoms with E-state index in [4.69, 9.17) is 14.6 Å². The second kappa shape index (κ2) is 8.64. The highest BCUT2D eigenvalue weighted by Gasteiger charge is 2.16. The van der Waals surface area contributed by atoms with Crippen LogP contribution in [0.5, 0.6) is 0 Å². The number of hydrogen-bond acceptors (Lipinski definition) is 4. The number of nitrogens with one attached hydrogen (secondary N) is 1. The maximum Gasteiger partial charge on any atom is 0.320 e. The Kier molecular flexibility index (Phi) is 8.27. The Hall–Kier alpha value is -0.650. The average molecular weight is 219 g/mol. The molecule has 0 amide bonds. The molecule has 1 atom stereocenters. The van der Waals surface area contributed by atoms with Crippen molar-refractivity contribution in [3.05, 3.63) is 0 Å². The molecule has 5 heteroatoms. The van der Waals surface area contributed by atoms with E-state index in [0.29, 0.717) is 26.2 Å². The molecule has 90 valence electrons. The lowest BCUT2D eigenvalue weighted by atomic mass is 10.2. The van der Waals surface area contributed by atoms with Gasteiger partial charge in [0.15, 0.2) is 6.29 Å². The summed E-state index contributed by atoms with van der Waals surface area (Å²) in [6, 6.07) is -0.534. The van der Waals surface area contributed by atoms with Gasteiger partial charge in [0.05, 0.1) is 0 Å². The monoisotopic (exact) mass is 219 g/mol. The van der Waals surface area contributed by atoms with E-state index in [0.717, 1.165) is 0 Å². The Balaban J connectivity index is 3.89. The van der Waals surface area contributed by atoms with Gasteiger partial charge >= 0.3 is 5.97 Å². The van der Waals surface area contributed by atoms with Crippen LogP contribution in [-0.4, -0.2) is 43.2 Å². The zero-order valence-electron chi connectivity index (χ0n) is 9.66. The molecule has 5 nitrogen and oxygen atoms in total. The minimum Gasteiger partial charge on any atom is -0.480 e. The molecule has 15 heavy (non-hydrogen) atoms. The summed E-state index contributed by atoms with van der Waals surface area (Å²) in [6.45, 7) is 7.07. The molecule has 0 bridgehead atoms. The second-order valence-electron chi connectivity index (χ2n) is 3.05. The third kappa shape index (κ3) is 6.43. The predicted molar refractivity (Wildman–Crippen MR) is 56.8 cm³/mol. The van der Waals surface area contributed by atoms with Gasteiger partial charge in [0.1, 0.15) is 6.04 Å². The molecule has 0 aromatic carbocycles. The summed E-state index contributed by atoms with van der Waals surface area (Å²) in [4.78, 5) is 10.7. The van der Waals surface area contributed by atoms with Crippen LogP contribution in [0.3, 0.4) is 0 Å². The smallest absolute Gasteiger partial charge is 0.320 e. The summed E-state index contributed by atoms with van der Waals surface area (Å²) in [5, 5.41) is 11.7. The molecule has 0 heterocycles. The zero-order valence-corrected chi connectivity index (χ0v) is 9.66. The van der Waals surface area contributed by atoms with Crippen LogP contribution in [-0.2, 0) is 14.3 Å². The molecule has 0 radical (unpaired) electrons. The fourth-order valence-electron chi connectivity index (χ4n) is 1.18. The first-order valence-corrected chi connectivity index (χ1v) is 5.35. The molecular weight excluding hydrogens is 198 g/mol. The topological polar surface area (TPSA) is 67.8 Å². The van der Waals surface area contributed by atoms with E-state index in [1.54, 1.807) is 0 Å². The Morgan fingerprint density at radius 2 is 1.80 bits per heavy atom. The molecule has 0 aromatic heterocycles. The fourth-order valence-corrected chi connectivity index (χ4v) is 1.18. The van der Waals surface area contributed by atoms with Crippen molar-refractivity contribution in [1.29, 1.82) is 0 Å². The van der Waals surface area contributed by atoms with Crippen LogP contribution in [0.4, 0.5) is 0 Å². The van der Waals surface area contributed by atoms with Crippen molar-refractivity contribution in [2.45, 2.75) is 39.5 Å². The van der Waals surface area contributed by atoms with Crippen molar-refractivity contribution >= 4 is 5.97 Å². The Morgan fingerprint density at radius 3 is 2.13 bits per heavy atom. The van der Waals surface area contributed by atoms with Crippen LogP contribution >= 0.6 is 0 Å². The number of rotatable bonds is 9. The molecule has 0 rings (SSSR count). The molecule has 0 aliphatic heterocycles. The van der Waals surface area contributed by atoms with E-state index in [-0.39, 0.29) is 6.29 Å². The van der Waals surface area contributed by atoms with E-state index in [9.17, 15) is 4.79 Å². The van der Waals surface area contributed by atoms with E-state index >= 15 is 0 Å². The van der Waals surface area contributed by atoms with Crippen molar-refractivity contribution in [2.24, 2.45) is 0 Å². The first-order chi connectivity index (χ1) is 7.15. The van der Waals surface area contributed by atoms with Crippen LogP contribution in [0.1, 0.15) is 27.2 Å². The van der Waals surface area contributed by atoms with Crippen LogP contribution in [0, 0.1) is 0 Å². The van der Waals surface area contributed by atoms with Gasteiger partial charge in [-0.2, -0.15) is 0 Å². The summed E-state index contributed by atoms with van der Waals surface area (Å²) in [7, 11) is 0. The summed E-state index contributed by atoms with van der Waals surface area (Å²) in [5.74, 6) is -0.843. The number of aliphatic carboxylic acids is 1. The van der Waals surface area contributed by atoms with Gasteiger partial charge in [-0.15, -0.1) is 0 Å². The number of hydrogen-bond donors (Lipinski definition) is 2. The van der Waals surface area contributed by atoms with E-state index in [1.807, 2.05) is 20.8 Å². The predicted octanol–water partition coefficient (Wildman–Crippen LogP) is 0.838. The molecule has 0 aliphatic rings. The Morgan fingerprint density at radius 1 is 1.27 bits per heavy atom. The van der Waals surface area contributed by atoms with E-state index in [1.165, 1.54) is 0 Å². The largest absolute Gasteiger partial charge is 0.480 e. The summed E-state index contributed by atoms with van der Waals surface area (Å²) in [5.41, 5.74) is 0. The highest BCUT2D eigenvalue weighted by molar-refractivity contribution is 5.73. The Labute approximate surface area is 90.8 Å². The molecule has 0 aliphatic carbocycles. The molecule has 0 spiro atoms. The zero-order chi connectivity index (χ0) is 11.7. The number of carbonyl (C=O) groups is 1. The SMILES string of the molecule is CCOC(CNC(CC)C(=O)O)OCC. The van der Waals surface area contributed by atoms with Crippen molar-refractivity contribution in [2.75, 3.05) is 19.8 Å². The van der Waals surface area contributed by atoms with E-state index < -0.39 is 12.0 Å².